The Hall–Kier alpha value is -2.97. The molecule has 3 heterocycles. The van der Waals surface area contributed by atoms with Gasteiger partial charge in [-0.1, -0.05) is 0 Å². The normalized spacial score (nSPS) is 16.8. The van der Waals surface area contributed by atoms with Gasteiger partial charge in [0.1, 0.15) is 24.3 Å². The van der Waals surface area contributed by atoms with Crippen LogP contribution in [-0.4, -0.2) is 51.0 Å². The Morgan fingerprint density at radius 3 is 2.85 bits per heavy atom. The van der Waals surface area contributed by atoms with Crippen molar-refractivity contribution >= 4 is 17.6 Å². The number of amides is 2. The molecule has 9 nitrogen and oxygen atoms in total. The second kappa shape index (κ2) is 7.94. The highest BCUT2D eigenvalue weighted by atomic mass is 16.2. The predicted octanol–water partition coefficient (Wildman–Crippen LogP) is 0.333. The highest BCUT2D eigenvalue weighted by molar-refractivity contribution is 5.83. The first-order valence-corrected chi connectivity index (χ1v) is 8.66. The third-order valence-corrected chi connectivity index (χ3v) is 4.52. The fraction of sp³-hybridized carbons (Fsp3) is 0.471. The number of nitrogens with zero attached hydrogens (tertiary/aromatic N) is 4. The first-order chi connectivity index (χ1) is 12.5. The zero-order valence-corrected chi connectivity index (χ0v) is 15.0. The van der Waals surface area contributed by atoms with Gasteiger partial charge in [-0.3, -0.25) is 14.2 Å². The zero-order chi connectivity index (χ0) is 18.5. The molecule has 0 aromatic carbocycles. The van der Waals surface area contributed by atoms with E-state index in [9.17, 15) is 9.59 Å². The average Bonchev–Trinajstić information content (AvgIpc) is 2.98. The summed E-state index contributed by atoms with van der Waals surface area (Å²) in [7, 11) is 0. The van der Waals surface area contributed by atoms with Gasteiger partial charge in [0.2, 0.25) is 11.8 Å². The van der Waals surface area contributed by atoms with Gasteiger partial charge >= 0.3 is 0 Å². The second-order valence-corrected chi connectivity index (χ2v) is 6.30. The van der Waals surface area contributed by atoms with E-state index in [1.807, 2.05) is 24.5 Å². The van der Waals surface area contributed by atoms with Crippen molar-refractivity contribution in [3.8, 4) is 5.82 Å². The molecule has 0 radical (unpaired) electrons. The van der Waals surface area contributed by atoms with Crippen LogP contribution in [0.15, 0.2) is 18.7 Å². The van der Waals surface area contributed by atoms with Crippen molar-refractivity contribution in [3.63, 3.8) is 0 Å². The van der Waals surface area contributed by atoms with Crippen molar-refractivity contribution in [1.29, 1.82) is 0 Å². The smallest absolute Gasteiger partial charge is 0.224 e. The van der Waals surface area contributed by atoms with Crippen LogP contribution in [0.3, 0.4) is 0 Å². The zero-order valence-electron chi connectivity index (χ0n) is 15.0. The number of rotatable bonds is 6. The molecular formula is C17H23N7O2. The van der Waals surface area contributed by atoms with Gasteiger partial charge in [0.15, 0.2) is 0 Å². The number of hydrogen-bond acceptors (Lipinski definition) is 6. The maximum absolute atomic E-state index is 12.1. The molecule has 1 unspecified atom stereocenters. The van der Waals surface area contributed by atoms with Crippen molar-refractivity contribution in [3.05, 3.63) is 30.1 Å². The molecule has 2 amide bonds. The lowest BCUT2D eigenvalue weighted by molar-refractivity contribution is -0.128. The maximum atomic E-state index is 12.1. The molecular weight excluding hydrogens is 334 g/mol. The van der Waals surface area contributed by atoms with Crippen LogP contribution in [0.4, 0.5) is 5.82 Å². The Morgan fingerprint density at radius 2 is 2.15 bits per heavy atom. The summed E-state index contributed by atoms with van der Waals surface area (Å²) < 4.78 is 1.90. The maximum Gasteiger partial charge on any atom is 0.224 e. The van der Waals surface area contributed by atoms with Crippen molar-refractivity contribution in [1.82, 2.24) is 30.2 Å². The molecule has 0 saturated carbocycles. The third-order valence-electron chi connectivity index (χ3n) is 4.52. The van der Waals surface area contributed by atoms with Crippen LogP contribution in [0.2, 0.25) is 0 Å². The summed E-state index contributed by atoms with van der Waals surface area (Å²) in [6.07, 6.45) is 4.24. The first-order valence-electron chi connectivity index (χ1n) is 8.66. The number of carbonyl (C=O) groups is 2. The Morgan fingerprint density at radius 1 is 1.31 bits per heavy atom. The lowest BCUT2D eigenvalue weighted by atomic mass is 9.98. The van der Waals surface area contributed by atoms with Gasteiger partial charge in [0.25, 0.3) is 0 Å². The first kappa shape index (κ1) is 17.8. The van der Waals surface area contributed by atoms with Crippen LogP contribution in [-0.2, 0) is 9.59 Å². The summed E-state index contributed by atoms with van der Waals surface area (Å²) in [5.74, 6) is 1.26. The summed E-state index contributed by atoms with van der Waals surface area (Å²) in [5.41, 5.74) is 1.99. The van der Waals surface area contributed by atoms with E-state index in [-0.39, 0.29) is 17.7 Å². The molecule has 1 saturated heterocycles. The number of piperidine rings is 1. The Kier molecular flexibility index (Phi) is 5.45. The van der Waals surface area contributed by atoms with Crippen LogP contribution in [0.5, 0.6) is 0 Å². The SMILES string of the molecule is Cc1ncn(-c2cc(NCCNC(=O)C3CCC(=O)NC3)ncn2)c1C. The summed E-state index contributed by atoms with van der Waals surface area (Å²) in [5, 5.41) is 8.78. The number of imidazole rings is 1. The van der Waals surface area contributed by atoms with Gasteiger partial charge in [0.05, 0.1) is 11.6 Å². The molecule has 2 aromatic rings. The highest BCUT2D eigenvalue weighted by Gasteiger charge is 2.23. The van der Waals surface area contributed by atoms with Crippen LogP contribution in [0.1, 0.15) is 24.2 Å². The van der Waals surface area contributed by atoms with E-state index in [2.05, 4.69) is 30.9 Å². The second-order valence-electron chi connectivity index (χ2n) is 6.30. The fourth-order valence-electron chi connectivity index (χ4n) is 2.78. The molecule has 0 spiro atoms. The number of anilines is 1. The van der Waals surface area contributed by atoms with E-state index in [0.717, 1.165) is 17.2 Å². The minimum absolute atomic E-state index is 0.0126. The van der Waals surface area contributed by atoms with Crippen LogP contribution in [0.25, 0.3) is 5.82 Å². The lowest BCUT2D eigenvalue weighted by Crippen LogP contribution is -2.43. The lowest BCUT2D eigenvalue weighted by Gasteiger charge is -2.21. The van der Waals surface area contributed by atoms with E-state index in [0.29, 0.717) is 38.3 Å². The molecule has 1 fully saturated rings. The van der Waals surface area contributed by atoms with Crippen molar-refractivity contribution < 1.29 is 9.59 Å². The standard InChI is InChI=1S/C17H23N7O2/c1-11-12(2)24(10-23-11)15-7-14(21-9-22-15)18-5-6-19-17(26)13-3-4-16(25)20-8-13/h7,9-10,13H,3-6,8H2,1-2H3,(H,19,26)(H,20,25)(H,18,21,22). The molecule has 138 valence electrons. The molecule has 1 aliphatic rings. The highest BCUT2D eigenvalue weighted by Crippen LogP contribution is 2.13. The van der Waals surface area contributed by atoms with E-state index in [4.69, 9.17) is 0 Å². The van der Waals surface area contributed by atoms with Crippen LogP contribution in [0, 0.1) is 19.8 Å². The summed E-state index contributed by atoms with van der Waals surface area (Å²) in [6, 6.07) is 1.84. The molecule has 3 rings (SSSR count). The molecule has 0 aliphatic carbocycles. The quantitative estimate of drug-likeness (QED) is 0.642. The molecule has 26 heavy (non-hydrogen) atoms. The summed E-state index contributed by atoms with van der Waals surface area (Å²) in [4.78, 5) is 35.9. The van der Waals surface area contributed by atoms with Gasteiger partial charge in [0, 0.05) is 37.8 Å². The monoisotopic (exact) mass is 357 g/mol. The van der Waals surface area contributed by atoms with Crippen LogP contribution >= 0.6 is 0 Å². The van der Waals surface area contributed by atoms with Gasteiger partial charge in [-0.2, -0.15) is 0 Å². The summed E-state index contributed by atoms with van der Waals surface area (Å²) >= 11 is 0. The minimum Gasteiger partial charge on any atom is -0.368 e. The number of nitrogens with one attached hydrogen (secondary N) is 3. The fourth-order valence-corrected chi connectivity index (χ4v) is 2.78. The van der Waals surface area contributed by atoms with Crippen molar-refractivity contribution in [2.75, 3.05) is 25.0 Å². The number of carbonyl (C=O) groups excluding carboxylic acids is 2. The Labute approximate surface area is 151 Å². The van der Waals surface area contributed by atoms with Crippen molar-refractivity contribution in [2.24, 2.45) is 5.92 Å². The van der Waals surface area contributed by atoms with E-state index < -0.39 is 0 Å². The average molecular weight is 357 g/mol. The number of aromatic nitrogens is 4. The molecule has 9 heteroatoms. The predicted molar refractivity (Wildman–Crippen MR) is 95.9 cm³/mol. The van der Waals surface area contributed by atoms with Gasteiger partial charge in [-0.05, 0) is 20.3 Å². The topological polar surface area (TPSA) is 114 Å². The number of aryl methyl sites for hydroxylation is 1. The number of hydrogen-bond donors (Lipinski definition) is 3. The van der Waals surface area contributed by atoms with Crippen molar-refractivity contribution in [2.45, 2.75) is 26.7 Å². The van der Waals surface area contributed by atoms with Gasteiger partial charge in [-0.15, -0.1) is 0 Å². The largest absolute Gasteiger partial charge is 0.368 e. The molecule has 3 N–H and O–H groups in total. The Bertz CT molecular complexity index is 792. The molecule has 0 bridgehead atoms. The molecule has 2 aromatic heterocycles. The molecule has 1 aliphatic heterocycles. The third kappa shape index (κ3) is 4.16. The van der Waals surface area contributed by atoms with E-state index in [1.54, 1.807) is 6.33 Å². The molecule has 1 atom stereocenters. The summed E-state index contributed by atoms with van der Waals surface area (Å²) in [6.45, 7) is 5.37. The minimum atomic E-state index is -0.147. The Balaban J connectivity index is 1.48. The van der Waals surface area contributed by atoms with E-state index >= 15 is 0 Å². The van der Waals surface area contributed by atoms with E-state index in [1.165, 1.54) is 6.33 Å². The van der Waals surface area contributed by atoms with Crippen LogP contribution < -0.4 is 16.0 Å². The van der Waals surface area contributed by atoms with Gasteiger partial charge < -0.3 is 16.0 Å². The van der Waals surface area contributed by atoms with Gasteiger partial charge in [-0.25, -0.2) is 15.0 Å².